The van der Waals surface area contributed by atoms with Crippen LogP contribution in [0, 0.1) is 5.92 Å². The average Bonchev–Trinajstić information content (AvgIpc) is 3.48. The number of carbonyl (C=O) groups is 2. The highest BCUT2D eigenvalue weighted by atomic mass is 16.2. The zero-order chi connectivity index (χ0) is 60.7. The smallest absolute Gasteiger partial charge is 0.222 e. The van der Waals surface area contributed by atoms with E-state index in [9.17, 15) is 9.59 Å². The maximum absolute atomic E-state index is 13.6. The van der Waals surface area contributed by atoms with Crippen LogP contribution in [0.15, 0.2) is 0 Å². The van der Waals surface area contributed by atoms with E-state index in [1.165, 1.54) is 341 Å². The predicted octanol–water partition coefficient (Wildman–Crippen LogP) is 22.1. The number of ketones is 1. The number of nitrogens with zero attached hydrogens (tertiary/aromatic N) is 3. The Kier molecular flexibility index (Phi) is 63.2. The van der Waals surface area contributed by atoms with Gasteiger partial charge in [0.15, 0.2) is 0 Å². The molecule has 0 saturated carbocycles. The molecule has 2 atom stereocenters. The summed E-state index contributed by atoms with van der Waals surface area (Å²) in [7, 11) is 7.39. The van der Waals surface area contributed by atoms with Crippen molar-refractivity contribution in [1.29, 1.82) is 0 Å². The molecular formula is C76H157N5O2+2. The number of hydrogen-bond donors (Lipinski definition) is 2. The third-order valence-corrected chi connectivity index (χ3v) is 19.4. The first-order valence-electron chi connectivity index (χ1n) is 38.4. The zero-order valence-corrected chi connectivity index (χ0v) is 58.3. The third-order valence-electron chi connectivity index (χ3n) is 19.4. The first-order chi connectivity index (χ1) is 40.6. The van der Waals surface area contributed by atoms with Crippen LogP contribution in [0.25, 0.3) is 0 Å². The van der Waals surface area contributed by atoms with Gasteiger partial charge in [0.25, 0.3) is 0 Å². The quantitative estimate of drug-likeness (QED) is 0.0469. The Morgan fingerprint density at radius 3 is 0.940 bits per heavy atom. The fourth-order valence-electron chi connectivity index (χ4n) is 13.4. The summed E-state index contributed by atoms with van der Waals surface area (Å²) in [6.07, 6.45) is 76.6. The number of quaternary nitrogens is 2. The summed E-state index contributed by atoms with van der Waals surface area (Å²) in [4.78, 5) is 29.2. The topological polar surface area (TPSA) is 89.4 Å². The molecule has 1 amide bonds. The van der Waals surface area contributed by atoms with E-state index >= 15 is 0 Å². The maximum Gasteiger partial charge on any atom is 0.222 e. The van der Waals surface area contributed by atoms with E-state index in [1.54, 1.807) is 0 Å². The molecule has 7 heteroatoms. The van der Waals surface area contributed by atoms with Gasteiger partial charge in [-0.05, 0) is 64.5 Å². The normalized spacial score (nSPS) is 13.1. The SMILES string of the molecule is CCCCCCCCCCCCCCCCCCC(CCC[N+](C)(CCCCCCCCCCCCCCCCCC)CCCC[N+](C)(C)CCCN(CCCCCCCCCCCCCCCCCC)C(=O)CCCN)C(=O)CCCN. The summed E-state index contributed by atoms with van der Waals surface area (Å²) >= 11 is 0. The molecule has 2 unspecified atom stereocenters. The van der Waals surface area contributed by atoms with E-state index in [0.717, 1.165) is 73.5 Å². The lowest BCUT2D eigenvalue weighted by Gasteiger charge is -2.36. The molecule has 0 aliphatic rings. The highest BCUT2D eigenvalue weighted by Gasteiger charge is 2.25. The van der Waals surface area contributed by atoms with E-state index in [4.69, 9.17) is 11.5 Å². The second-order valence-electron chi connectivity index (χ2n) is 28.4. The van der Waals surface area contributed by atoms with Crippen molar-refractivity contribution < 1.29 is 18.6 Å². The van der Waals surface area contributed by atoms with Crippen molar-refractivity contribution in [2.24, 2.45) is 17.4 Å². The molecule has 0 heterocycles. The van der Waals surface area contributed by atoms with Gasteiger partial charge in [-0.25, -0.2) is 0 Å². The minimum Gasteiger partial charge on any atom is -0.342 e. The minimum atomic E-state index is 0.219. The molecule has 0 aliphatic carbocycles. The molecule has 4 N–H and O–H groups in total. The van der Waals surface area contributed by atoms with E-state index in [2.05, 4.69) is 46.8 Å². The Morgan fingerprint density at radius 1 is 0.301 bits per heavy atom. The van der Waals surface area contributed by atoms with Gasteiger partial charge in [0, 0.05) is 51.1 Å². The summed E-state index contributed by atoms with van der Waals surface area (Å²) in [6, 6.07) is 0. The molecule has 0 radical (unpaired) electrons. The van der Waals surface area contributed by atoms with Gasteiger partial charge in [-0.15, -0.1) is 0 Å². The molecule has 0 rings (SSSR count). The van der Waals surface area contributed by atoms with E-state index in [0.29, 0.717) is 37.6 Å². The molecule has 0 fully saturated rings. The molecule has 496 valence electrons. The van der Waals surface area contributed by atoms with Crippen molar-refractivity contribution in [2.45, 2.75) is 393 Å². The summed E-state index contributed by atoms with van der Waals surface area (Å²) in [5, 5.41) is 0. The van der Waals surface area contributed by atoms with Gasteiger partial charge < -0.3 is 25.3 Å². The maximum atomic E-state index is 13.6. The lowest BCUT2D eigenvalue weighted by molar-refractivity contribution is -0.912. The molecule has 0 bridgehead atoms. The molecule has 83 heavy (non-hydrogen) atoms. The van der Waals surface area contributed by atoms with Crippen molar-refractivity contribution in [3.05, 3.63) is 0 Å². The first kappa shape index (κ1) is 82.0. The monoisotopic (exact) mass is 1170 g/mol. The van der Waals surface area contributed by atoms with Crippen molar-refractivity contribution in [3.63, 3.8) is 0 Å². The van der Waals surface area contributed by atoms with Crippen molar-refractivity contribution in [3.8, 4) is 0 Å². The number of amides is 1. The molecule has 7 nitrogen and oxygen atoms in total. The van der Waals surface area contributed by atoms with E-state index in [1.807, 2.05) is 0 Å². The second-order valence-corrected chi connectivity index (χ2v) is 28.4. The predicted molar refractivity (Wildman–Crippen MR) is 371 cm³/mol. The van der Waals surface area contributed by atoms with Crippen LogP contribution in [-0.4, -0.2) is 106 Å². The minimum absolute atomic E-state index is 0.219. The van der Waals surface area contributed by atoms with Crippen LogP contribution >= 0.6 is 0 Å². The lowest BCUT2D eigenvalue weighted by atomic mass is 9.89. The fraction of sp³-hybridized carbons (Fsp3) is 0.974. The van der Waals surface area contributed by atoms with Gasteiger partial charge in [0.2, 0.25) is 5.91 Å². The van der Waals surface area contributed by atoms with Gasteiger partial charge in [0.1, 0.15) is 5.78 Å². The van der Waals surface area contributed by atoms with Gasteiger partial charge in [-0.3, -0.25) is 9.59 Å². The van der Waals surface area contributed by atoms with Gasteiger partial charge in [-0.1, -0.05) is 310 Å². The Balaban J connectivity index is 5.09. The number of rotatable bonds is 71. The number of carbonyl (C=O) groups excluding carboxylic acids is 2. The van der Waals surface area contributed by atoms with Crippen LogP contribution in [0.1, 0.15) is 393 Å². The highest BCUT2D eigenvalue weighted by Crippen LogP contribution is 2.24. The van der Waals surface area contributed by atoms with Crippen LogP contribution < -0.4 is 11.5 Å². The fourth-order valence-corrected chi connectivity index (χ4v) is 13.4. The van der Waals surface area contributed by atoms with Gasteiger partial charge >= 0.3 is 0 Å². The number of unbranched alkanes of at least 4 members (excludes halogenated alkanes) is 46. The van der Waals surface area contributed by atoms with Crippen LogP contribution in [0.5, 0.6) is 0 Å². The van der Waals surface area contributed by atoms with Crippen LogP contribution in [0.3, 0.4) is 0 Å². The summed E-state index contributed by atoms with van der Waals surface area (Å²) in [5.74, 6) is 1.03. The molecule has 0 saturated heterocycles. The van der Waals surface area contributed by atoms with Crippen LogP contribution in [-0.2, 0) is 9.59 Å². The first-order valence-corrected chi connectivity index (χ1v) is 38.4. The third kappa shape index (κ3) is 58.4. The Morgan fingerprint density at radius 2 is 0.566 bits per heavy atom. The summed E-state index contributed by atoms with van der Waals surface area (Å²) < 4.78 is 2.19. The molecule has 0 aliphatic heterocycles. The molecular weight excluding hydrogens is 1010 g/mol. The van der Waals surface area contributed by atoms with Gasteiger partial charge in [-0.2, -0.15) is 0 Å². The van der Waals surface area contributed by atoms with Crippen molar-refractivity contribution >= 4 is 11.7 Å². The highest BCUT2D eigenvalue weighted by molar-refractivity contribution is 5.80. The van der Waals surface area contributed by atoms with Crippen LogP contribution in [0.2, 0.25) is 0 Å². The second kappa shape index (κ2) is 64.0. The number of Topliss-reactive ketones (excluding diaryl/α,β-unsaturated/α-hetero) is 1. The lowest BCUT2D eigenvalue weighted by Crippen LogP contribution is -2.47. The summed E-state index contributed by atoms with van der Waals surface area (Å²) in [5.41, 5.74) is 11.8. The Labute approximate surface area is 523 Å². The molecule has 0 aromatic rings. The van der Waals surface area contributed by atoms with Crippen molar-refractivity contribution in [1.82, 2.24) is 4.90 Å². The average molecular weight is 1170 g/mol. The molecule has 0 aromatic carbocycles. The largest absolute Gasteiger partial charge is 0.342 e. The molecule has 0 aromatic heterocycles. The number of hydrogen-bond acceptors (Lipinski definition) is 4. The molecule has 0 spiro atoms. The number of nitrogens with two attached hydrogens (primary N) is 2. The standard InChI is InChI=1S/C76H157N5O2/c1-7-10-13-16-19-22-25-28-31-34-37-40-43-46-49-52-61-74(75(82)63-57-65-77)62-59-73-81(6,71-54-51-48-45-42-39-36-33-30-27-24-21-18-15-12-9-3)72-56-55-69-80(4,5)70-60-68-79(76(83)64-58-66-78)67-53-50-47-44-41-38-35-32-29-26-23-20-17-14-11-8-2/h74H,7-73,77-78H2,1-6H3/q+2. The van der Waals surface area contributed by atoms with Gasteiger partial charge in [0.05, 0.1) is 53.9 Å². The summed E-state index contributed by atoms with van der Waals surface area (Å²) in [6.45, 7) is 15.9. The van der Waals surface area contributed by atoms with Crippen molar-refractivity contribution in [2.75, 3.05) is 80.0 Å². The zero-order valence-electron chi connectivity index (χ0n) is 58.3. The van der Waals surface area contributed by atoms with E-state index < -0.39 is 0 Å². The van der Waals surface area contributed by atoms with Crippen LogP contribution in [0.4, 0.5) is 0 Å². The Hall–Kier alpha value is -1.02. The van der Waals surface area contributed by atoms with E-state index in [-0.39, 0.29) is 5.92 Å². The Bertz CT molecular complexity index is 1310.